The van der Waals surface area contributed by atoms with Crippen LogP contribution in [0.2, 0.25) is 0 Å². The van der Waals surface area contributed by atoms with Crippen molar-refractivity contribution in [1.29, 1.82) is 0 Å². The van der Waals surface area contributed by atoms with Gasteiger partial charge in [-0.15, -0.1) is 0 Å². The van der Waals surface area contributed by atoms with Gasteiger partial charge in [0.25, 0.3) is 5.91 Å². The van der Waals surface area contributed by atoms with Gasteiger partial charge in [0.15, 0.2) is 5.76 Å². The summed E-state index contributed by atoms with van der Waals surface area (Å²) in [6.07, 6.45) is 3.91. The van der Waals surface area contributed by atoms with Crippen molar-refractivity contribution in [3.63, 3.8) is 0 Å². The Labute approximate surface area is 101 Å². The second kappa shape index (κ2) is 6.42. The van der Waals surface area contributed by atoms with Gasteiger partial charge in [-0.25, -0.2) is 0 Å². The molecule has 1 aliphatic rings. The molecule has 0 bridgehead atoms. The number of carbonyl (C=O) groups excluding carboxylic acids is 1. The van der Waals surface area contributed by atoms with Gasteiger partial charge in [-0.2, -0.15) is 0 Å². The standard InChI is InChI=1S/C12H18N2O3/c15-12(11-2-1-8-17-11)14-7-9-16-10-3-5-13-6-4-10/h1-2,8,10,13H,3-7,9H2,(H,14,15). The Kier molecular flexibility index (Phi) is 4.58. The lowest BCUT2D eigenvalue weighted by atomic mass is 10.1. The maximum Gasteiger partial charge on any atom is 0.287 e. The first-order chi connectivity index (χ1) is 8.36. The summed E-state index contributed by atoms with van der Waals surface area (Å²) in [4.78, 5) is 11.5. The minimum Gasteiger partial charge on any atom is -0.459 e. The Bertz CT molecular complexity index is 332. The lowest BCUT2D eigenvalue weighted by Crippen LogP contribution is -2.34. The Morgan fingerprint density at radius 1 is 1.53 bits per heavy atom. The summed E-state index contributed by atoms with van der Waals surface area (Å²) in [7, 11) is 0. The third-order valence-corrected chi connectivity index (χ3v) is 2.77. The molecule has 2 rings (SSSR count). The van der Waals surface area contributed by atoms with Crippen molar-refractivity contribution < 1.29 is 13.9 Å². The van der Waals surface area contributed by atoms with E-state index in [9.17, 15) is 4.79 Å². The summed E-state index contributed by atoms with van der Waals surface area (Å²) >= 11 is 0. The molecular weight excluding hydrogens is 220 g/mol. The molecule has 0 atom stereocenters. The van der Waals surface area contributed by atoms with E-state index in [1.165, 1.54) is 6.26 Å². The van der Waals surface area contributed by atoms with Crippen LogP contribution in [0.3, 0.4) is 0 Å². The van der Waals surface area contributed by atoms with Crippen molar-refractivity contribution >= 4 is 5.91 Å². The zero-order chi connectivity index (χ0) is 11.9. The molecule has 1 saturated heterocycles. The molecule has 5 heteroatoms. The summed E-state index contributed by atoms with van der Waals surface area (Å²) in [5.41, 5.74) is 0. The second-order valence-corrected chi connectivity index (χ2v) is 4.05. The van der Waals surface area contributed by atoms with Crippen molar-refractivity contribution in [2.24, 2.45) is 0 Å². The van der Waals surface area contributed by atoms with Gasteiger partial charge in [0.1, 0.15) is 0 Å². The Morgan fingerprint density at radius 3 is 3.06 bits per heavy atom. The van der Waals surface area contributed by atoms with Crippen LogP contribution in [-0.4, -0.2) is 38.3 Å². The third kappa shape index (κ3) is 3.87. The van der Waals surface area contributed by atoms with Crippen molar-refractivity contribution in [3.05, 3.63) is 24.2 Å². The number of carbonyl (C=O) groups is 1. The monoisotopic (exact) mass is 238 g/mol. The van der Waals surface area contributed by atoms with Crippen molar-refractivity contribution in [1.82, 2.24) is 10.6 Å². The van der Waals surface area contributed by atoms with Crippen LogP contribution in [-0.2, 0) is 4.74 Å². The third-order valence-electron chi connectivity index (χ3n) is 2.77. The molecule has 0 radical (unpaired) electrons. The molecule has 0 unspecified atom stereocenters. The molecule has 0 spiro atoms. The number of nitrogens with one attached hydrogen (secondary N) is 2. The van der Waals surface area contributed by atoms with Crippen molar-refractivity contribution in [2.75, 3.05) is 26.2 Å². The number of ether oxygens (including phenoxy) is 1. The van der Waals surface area contributed by atoms with E-state index >= 15 is 0 Å². The van der Waals surface area contributed by atoms with E-state index < -0.39 is 0 Å². The quantitative estimate of drug-likeness (QED) is 0.744. The first kappa shape index (κ1) is 12.1. The molecule has 0 aliphatic carbocycles. The van der Waals surface area contributed by atoms with Gasteiger partial charge < -0.3 is 19.8 Å². The zero-order valence-corrected chi connectivity index (χ0v) is 9.78. The molecule has 1 aromatic heterocycles. The van der Waals surface area contributed by atoms with Crippen molar-refractivity contribution in [2.45, 2.75) is 18.9 Å². The first-order valence-corrected chi connectivity index (χ1v) is 6.00. The largest absolute Gasteiger partial charge is 0.459 e. The van der Waals surface area contributed by atoms with E-state index in [0.717, 1.165) is 25.9 Å². The minimum absolute atomic E-state index is 0.191. The SMILES string of the molecule is O=C(NCCOC1CCNCC1)c1ccco1. The molecule has 0 saturated carbocycles. The second-order valence-electron chi connectivity index (χ2n) is 4.05. The summed E-state index contributed by atoms with van der Waals surface area (Å²) in [6, 6.07) is 3.34. The lowest BCUT2D eigenvalue weighted by molar-refractivity contribution is 0.0341. The first-order valence-electron chi connectivity index (χ1n) is 6.00. The van der Waals surface area contributed by atoms with Crippen LogP contribution in [0.25, 0.3) is 0 Å². The fraction of sp³-hybridized carbons (Fsp3) is 0.583. The molecule has 0 aromatic carbocycles. The average molecular weight is 238 g/mol. The van der Waals surface area contributed by atoms with Crippen LogP contribution in [0.5, 0.6) is 0 Å². The highest BCUT2D eigenvalue weighted by Gasteiger charge is 2.13. The average Bonchev–Trinajstić information content (AvgIpc) is 2.89. The normalized spacial score (nSPS) is 16.9. The number of piperidine rings is 1. The van der Waals surface area contributed by atoms with E-state index in [1.807, 2.05) is 0 Å². The van der Waals surface area contributed by atoms with Gasteiger partial charge in [-0.05, 0) is 38.1 Å². The van der Waals surface area contributed by atoms with Gasteiger partial charge in [0, 0.05) is 6.54 Å². The van der Waals surface area contributed by atoms with Crippen LogP contribution < -0.4 is 10.6 Å². The van der Waals surface area contributed by atoms with Crippen LogP contribution >= 0.6 is 0 Å². The highest BCUT2D eigenvalue weighted by molar-refractivity contribution is 5.91. The predicted molar refractivity (Wildman–Crippen MR) is 62.9 cm³/mol. The number of rotatable bonds is 5. The molecule has 1 aromatic rings. The molecule has 17 heavy (non-hydrogen) atoms. The molecule has 94 valence electrons. The van der Waals surface area contributed by atoms with Crippen LogP contribution in [0.15, 0.2) is 22.8 Å². The highest BCUT2D eigenvalue weighted by atomic mass is 16.5. The van der Waals surface area contributed by atoms with Crippen LogP contribution in [0, 0.1) is 0 Å². The number of hydrogen-bond acceptors (Lipinski definition) is 4. The van der Waals surface area contributed by atoms with E-state index in [4.69, 9.17) is 9.15 Å². The number of hydrogen-bond donors (Lipinski definition) is 2. The molecule has 1 fully saturated rings. The smallest absolute Gasteiger partial charge is 0.287 e. The van der Waals surface area contributed by atoms with Crippen LogP contribution in [0.1, 0.15) is 23.4 Å². The fourth-order valence-electron chi connectivity index (χ4n) is 1.85. The number of furan rings is 1. The van der Waals surface area contributed by atoms with Gasteiger partial charge in [0.05, 0.1) is 19.0 Å². The van der Waals surface area contributed by atoms with Crippen molar-refractivity contribution in [3.8, 4) is 0 Å². The molecular formula is C12H18N2O3. The predicted octanol–water partition coefficient (Wildman–Crippen LogP) is 0.778. The fourth-order valence-corrected chi connectivity index (χ4v) is 1.85. The van der Waals surface area contributed by atoms with Gasteiger partial charge >= 0.3 is 0 Å². The maximum absolute atomic E-state index is 11.5. The summed E-state index contributed by atoms with van der Waals surface area (Å²) < 4.78 is 10.6. The highest BCUT2D eigenvalue weighted by Crippen LogP contribution is 2.06. The van der Waals surface area contributed by atoms with E-state index in [-0.39, 0.29) is 5.91 Å². The van der Waals surface area contributed by atoms with E-state index in [0.29, 0.717) is 25.0 Å². The molecule has 1 amide bonds. The van der Waals surface area contributed by atoms with E-state index in [2.05, 4.69) is 10.6 Å². The minimum atomic E-state index is -0.191. The Balaban J connectivity index is 1.58. The Morgan fingerprint density at radius 2 is 2.35 bits per heavy atom. The van der Waals surface area contributed by atoms with Crippen LogP contribution in [0.4, 0.5) is 0 Å². The number of amides is 1. The lowest BCUT2D eigenvalue weighted by Gasteiger charge is -2.22. The summed E-state index contributed by atoms with van der Waals surface area (Å²) in [6.45, 7) is 3.10. The molecule has 1 aliphatic heterocycles. The Hall–Kier alpha value is -1.33. The maximum atomic E-state index is 11.5. The summed E-state index contributed by atoms with van der Waals surface area (Å²) in [5.74, 6) is 0.149. The zero-order valence-electron chi connectivity index (χ0n) is 9.78. The molecule has 2 N–H and O–H groups in total. The van der Waals surface area contributed by atoms with E-state index in [1.54, 1.807) is 12.1 Å². The summed E-state index contributed by atoms with van der Waals surface area (Å²) in [5, 5.41) is 6.03. The topological polar surface area (TPSA) is 63.5 Å². The molecule has 5 nitrogen and oxygen atoms in total. The molecule has 2 heterocycles. The van der Waals surface area contributed by atoms with Gasteiger partial charge in [-0.1, -0.05) is 0 Å². The van der Waals surface area contributed by atoms with Gasteiger partial charge in [-0.3, -0.25) is 4.79 Å². The van der Waals surface area contributed by atoms with Gasteiger partial charge in [0.2, 0.25) is 0 Å².